The van der Waals surface area contributed by atoms with Crippen LogP contribution in [0.2, 0.25) is 0 Å². The Hall–Kier alpha value is -1.42. The third-order valence-corrected chi connectivity index (χ3v) is 3.77. The molecule has 20 heavy (non-hydrogen) atoms. The van der Waals surface area contributed by atoms with E-state index < -0.39 is 0 Å². The number of aromatic nitrogens is 2. The lowest BCUT2D eigenvalue weighted by atomic mass is 10.1. The highest BCUT2D eigenvalue weighted by Gasteiger charge is 2.00. The molecule has 0 saturated carbocycles. The normalized spacial score (nSPS) is 10.8. The van der Waals surface area contributed by atoms with Gasteiger partial charge in [0.05, 0.1) is 0 Å². The molecule has 2 rings (SSSR count). The summed E-state index contributed by atoms with van der Waals surface area (Å²) in [6.45, 7) is 3.19. The van der Waals surface area contributed by atoms with E-state index in [0.29, 0.717) is 0 Å². The van der Waals surface area contributed by atoms with E-state index in [1.807, 2.05) is 22.9 Å². The van der Waals surface area contributed by atoms with E-state index in [2.05, 4.69) is 23.4 Å². The van der Waals surface area contributed by atoms with E-state index in [9.17, 15) is 0 Å². The average molecular weight is 289 g/mol. The number of nitrogens with one attached hydrogen (secondary N) is 1. The van der Waals surface area contributed by atoms with Gasteiger partial charge in [0.2, 0.25) is 0 Å². The Morgan fingerprint density at radius 1 is 1.10 bits per heavy atom. The fraction of sp³-hybridized carbons (Fsp3) is 0.500. The minimum atomic E-state index is 0.780. The van der Waals surface area contributed by atoms with Crippen LogP contribution >= 0.6 is 12.2 Å². The van der Waals surface area contributed by atoms with Gasteiger partial charge in [-0.2, -0.15) is 0 Å². The molecule has 0 amide bonds. The van der Waals surface area contributed by atoms with Gasteiger partial charge in [-0.25, -0.2) is 9.66 Å². The molecular formula is C16H23N3S. The predicted octanol–water partition coefficient (Wildman–Crippen LogP) is 4.67. The molecule has 3 nitrogen and oxygen atoms in total. The zero-order valence-electron chi connectivity index (χ0n) is 12.1. The van der Waals surface area contributed by atoms with Gasteiger partial charge in [0.25, 0.3) is 0 Å². The molecule has 2 heterocycles. The highest BCUT2D eigenvalue weighted by atomic mass is 32.1. The summed E-state index contributed by atoms with van der Waals surface area (Å²) in [5, 5.41) is 1.11. The molecule has 1 N–H and O–H groups in total. The van der Waals surface area contributed by atoms with Crippen molar-refractivity contribution >= 4 is 23.3 Å². The minimum Gasteiger partial charge on any atom is -0.323 e. The summed E-state index contributed by atoms with van der Waals surface area (Å²) >= 11 is 5.38. The Bertz CT molecular complexity index is 592. The smallest absolute Gasteiger partial charge is 0.159 e. The van der Waals surface area contributed by atoms with Crippen molar-refractivity contribution in [2.75, 3.05) is 12.0 Å². The minimum absolute atomic E-state index is 0.780. The van der Waals surface area contributed by atoms with E-state index >= 15 is 0 Å². The number of hydrogen-bond acceptors (Lipinski definition) is 3. The molecule has 0 atom stereocenters. The summed E-state index contributed by atoms with van der Waals surface area (Å²) in [5.41, 5.74) is 4.31. The Kier molecular flexibility index (Phi) is 5.99. The van der Waals surface area contributed by atoms with E-state index in [1.54, 1.807) is 6.20 Å². The van der Waals surface area contributed by atoms with Gasteiger partial charge in [-0.15, -0.1) is 0 Å². The van der Waals surface area contributed by atoms with Crippen molar-refractivity contribution in [3.8, 4) is 0 Å². The number of rotatable bonds is 8. The van der Waals surface area contributed by atoms with Crippen LogP contribution < -0.4 is 5.43 Å². The number of fused-ring (bicyclic) bond motifs is 1. The third kappa shape index (κ3) is 4.04. The molecule has 108 valence electrons. The zero-order valence-corrected chi connectivity index (χ0v) is 13.0. The maximum atomic E-state index is 5.38. The van der Waals surface area contributed by atoms with Crippen LogP contribution in [0.25, 0.3) is 11.0 Å². The summed E-state index contributed by atoms with van der Waals surface area (Å²) < 4.78 is 2.71. The van der Waals surface area contributed by atoms with Crippen LogP contribution in [0.1, 0.15) is 45.4 Å². The summed E-state index contributed by atoms with van der Waals surface area (Å²) in [4.78, 5) is 4.42. The van der Waals surface area contributed by atoms with Crippen molar-refractivity contribution in [3.63, 3.8) is 0 Å². The molecule has 0 unspecified atom stereocenters. The van der Waals surface area contributed by atoms with Crippen LogP contribution in [-0.4, -0.2) is 16.2 Å². The Balaban J connectivity index is 1.90. The van der Waals surface area contributed by atoms with Crippen LogP contribution in [-0.2, 0) is 0 Å². The van der Waals surface area contributed by atoms with Crippen LogP contribution in [0.15, 0.2) is 30.5 Å². The van der Waals surface area contributed by atoms with Crippen molar-refractivity contribution in [3.05, 3.63) is 35.1 Å². The van der Waals surface area contributed by atoms with Crippen molar-refractivity contribution in [1.29, 1.82) is 0 Å². The standard InChI is InChI=1S/C16H23N3S/c1-2-3-4-5-6-7-13-18-19-15(20)11-10-14-9-8-12-17-16(14)19/h8-12,18H,2-7,13H2,1H3. The van der Waals surface area contributed by atoms with Gasteiger partial charge in [-0.1, -0.05) is 51.2 Å². The first-order chi connectivity index (χ1) is 9.83. The summed E-state index contributed by atoms with van der Waals surface area (Å²) in [5.74, 6) is 0. The summed E-state index contributed by atoms with van der Waals surface area (Å²) in [6.07, 6.45) is 9.59. The molecule has 0 fully saturated rings. The first kappa shape index (κ1) is 15.0. The van der Waals surface area contributed by atoms with Crippen molar-refractivity contribution < 1.29 is 0 Å². The monoisotopic (exact) mass is 289 g/mol. The van der Waals surface area contributed by atoms with Gasteiger partial charge in [0.15, 0.2) is 5.65 Å². The van der Waals surface area contributed by atoms with Gasteiger partial charge < -0.3 is 5.43 Å². The quantitative estimate of drug-likeness (QED) is 0.566. The topological polar surface area (TPSA) is 29.9 Å². The van der Waals surface area contributed by atoms with E-state index in [4.69, 9.17) is 12.2 Å². The second kappa shape index (κ2) is 8.00. The second-order valence-corrected chi connectivity index (χ2v) is 5.52. The fourth-order valence-electron chi connectivity index (χ4n) is 2.32. The second-order valence-electron chi connectivity index (χ2n) is 5.10. The predicted molar refractivity (Wildman–Crippen MR) is 88.2 cm³/mol. The highest BCUT2D eigenvalue weighted by molar-refractivity contribution is 7.71. The molecule has 4 heteroatoms. The van der Waals surface area contributed by atoms with E-state index in [0.717, 1.165) is 22.2 Å². The molecule has 2 aromatic heterocycles. The molecule has 0 saturated heterocycles. The van der Waals surface area contributed by atoms with Crippen molar-refractivity contribution in [2.45, 2.75) is 45.4 Å². The van der Waals surface area contributed by atoms with Crippen molar-refractivity contribution in [2.24, 2.45) is 0 Å². The van der Waals surface area contributed by atoms with E-state index in [1.165, 1.54) is 38.5 Å². The maximum Gasteiger partial charge on any atom is 0.159 e. The van der Waals surface area contributed by atoms with Crippen LogP contribution in [0.4, 0.5) is 0 Å². The molecule has 0 bridgehead atoms. The molecule has 0 aliphatic rings. The molecular weight excluding hydrogens is 266 g/mol. The number of unbranched alkanes of at least 4 members (excludes halogenated alkanes) is 5. The van der Waals surface area contributed by atoms with Crippen LogP contribution in [0.5, 0.6) is 0 Å². The third-order valence-electron chi connectivity index (χ3n) is 3.45. The summed E-state index contributed by atoms with van der Waals surface area (Å²) in [7, 11) is 0. The molecule has 0 aliphatic carbocycles. The lowest BCUT2D eigenvalue weighted by Gasteiger charge is -2.12. The summed E-state index contributed by atoms with van der Waals surface area (Å²) in [6, 6.07) is 7.98. The SMILES string of the molecule is CCCCCCCCNn1c(=S)ccc2cccnc21. The van der Waals surface area contributed by atoms with Gasteiger partial charge in [-0.3, -0.25) is 0 Å². The number of pyridine rings is 2. The molecule has 0 radical (unpaired) electrons. The zero-order chi connectivity index (χ0) is 14.2. The average Bonchev–Trinajstić information content (AvgIpc) is 2.48. The van der Waals surface area contributed by atoms with Gasteiger partial charge in [-0.05, 0) is 30.7 Å². The molecule has 0 spiro atoms. The first-order valence-corrected chi connectivity index (χ1v) is 7.94. The number of nitrogens with zero attached hydrogens (tertiary/aromatic N) is 2. The lowest BCUT2D eigenvalue weighted by Crippen LogP contribution is -2.18. The lowest BCUT2D eigenvalue weighted by molar-refractivity contribution is 0.608. The molecule has 2 aromatic rings. The van der Waals surface area contributed by atoms with Gasteiger partial charge in [0.1, 0.15) is 4.64 Å². The Morgan fingerprint density at radius 2 is 1.90 bits per heavy atom. The Morgan fingerprint density at radius 3 is 2.75 bits per heavy atom. The van der Waals surface area contributed by atoms with Gasteiger partial charge >= 0.3 is 0 Å². The van der Waals surface area contributed by atoms with Gasteiger partial charge in [0, 0.05) is 18.1 Å². The van der Waals surface area contributed by atoms with Crippen LogP contribution in [0.3, 0.4) is 0 Å². The fourth-order valence-corrected chi connectivity index (χ4v) is 2.53. The molecule has 0 aromatic carbocycles. The van der Waals surface area contributed by atoms with Crippen LogP contribution in [0, 0.1) is 4.64 Å². The van der Waals surface area contributed by atoms with E-state index in [-0.39, 0.29) is 0 Å². The maximum absolute atomic E-state index is 5.38. The first-order valence-electron chi connectivity index (χ1n) is 7.53. The van der Waals surface area contributed by atoms with Crippen molar-refractivity contribution in [1.82, 2.24) is 9.66 Å². The number of hydrogen-bond donors (Lipinski definition) is 1. The largest absolute Gasteiger partial charge is 0.323 e. The highest BCUT2D eigenvalue weighted by Crippen LogP contribution is 2.10. The Labute approximate surface area is 126 Å². The molecule has 0 aliphatic heterocycles.